The minimum Gasteiger partial charge on any atom is -0.383 e. The summed E-state index contributed by atoms with van der Waals surface area (Å²) in [6.07, 6.45) is 1.98. The van der Waals surface area contributed by atoms with Gasteiger partial charge in [-0.3, -0.25) is 9.78 Å². The first-order valence-electron chi connectivity index (χ1n) is 3.40. The Hall–Kier alpha value is -1.78. The molecule has 64 valence electrons. The van der Waals surface area contributed by atoms with Gasteiger partial charge in [-0.25, -0.2) is 0 Å². The van der Waals surface area contributed by atoms with Crippen molar-refractivity contribution in [2.75, 3.05) is 11.5 Å². The molecule has 5 heteroatoms. The van der Waals surface area contributed by atoms with Gasteiger partial charge >= 0.3 is 0 Å². The average molecular weight is 166 g/mol. The molecular weight excluding hydrogens is 156 g/mol. The lowest BCUT2D eigenvalue weighted by molar-refractivity contribution is 1.07. The first kappa shape index (κ1) is 8.32. The molecule has 0 amide bonds. The van der Waals surface area contributed by atoms with Gasteiger partial charge in [-0.05, 0) is 6.42 Å². The Morgan fingerprint density at radius 3 is 2.75 bits per heavy atom. The van der Waals surface area contributed by atoms with Crippen LogP contribution in [0.3, 0.4) is 0 Å². The van der Waals surface area contributed by atoms with E-state index >= 15 is 0 Å². The van der Waals surface area contributed by atoms with Gasteiger partial charge in [0.2, 0.25) is 5.95 Å². The first-order valence-corrected chi connectivity index (χ1v) is 3.40. The zero-order chi connectivity index (χ0) is 9.14. The fraction of sp³-hybridized carbons (Fsp3) is 0.143. The van der Waals surface area contributed by atoms with Crippen molar-refractivity contribution in [2.45, 2.75) is 6.42 Å². The number of hydrogen-bond acceptors (Lipinski definition) is 4. The molecule has 0 radical (unpaired) electrons. The fourth-order valence-electron chi connectivity index (χ4n) is 0.875. The van der Waals surface area contributed by atoms with E-state index < -0.39 is 0 Å². The maximum Gasteiger partial charge on any atom is 0.257 e. The molecule has 0 aliphatic carbocycles. The minimum atomic E-state index is -0.306. The van der Waals surface area contributed by atoms with Crippen LogP contribution in [0.5, 0.6) is 0 Å². The van der Waals surface area contributed by atoms with Gasteiger partial charge in [0.1, 0.15) is 5.82 Å². The summed E-state index contributed by atoms with van der Waals surface area (Å²) < 4.78 is 0. The molecule has 0 saturated carbocycles. The molecule has 0 unspecified atom stereocenters. The molecule has 0 fully saturated rings. The number of anilines is 2. The highest BCUT2D eigenvalue weighted by Crippen LogP contribution is 2.03. The smallest absolute Gasteiger partial charge is 0.257 e. The van der Waals surface area contributed by atoms with Crippen LogP contribution in [-0.2, 0) is 6.42 Å². The predicted octanol–water partition coefficient (Wildman–Crippen LogP) is -0.337. The van der Waals surface area contributed by atoms with E-state index in [1.54, 1.807) is 6.08 Å². The van der Waals surface area contributed by atoms with Gasteiger partial charge in [0.05, 0.1) is 5.56 Å². The van der Waals surface area contributed by atoms with Gasteiger partial charge < -0.3 is 11.5 Å². The monoisotopic (exact) mass is 166 g/mol. The minimum absolute atomic E-state index is 0.0327. The lowest BCUT2D eigenvalue weighted by atomic mass is 10.2. The van der Waals surface area contributed by atoms with Gasteiger partial charge in [0.25, 0.3) is 5.56 Å². The number of nitrogens with one attached hydrogen (secondary N) is 1. The van der Waals surface area contributed by atoms with Gasteiger partial charge in [-0.1, -0.05) is 6.08 Å². The Morgan fingerprint density at radius 2 is 2.25 bits per heavy atom. The summed E-state index contributed by atoms with van der Waals surface area (Å²) in [4.78, 5) is 17.2. The summed E-state index contributed by atoms with van der Waals surface area (Å²) in [5.41, 5.74) is 10.8. The Balaban J connectivity index is 3.28. The normalized spacial score (nSPS) is 9.67. The zero-order valence-corrected chi connectivity index (χ0v) is 6.50. The SMILES string of the molecule is C=CCc1c(N)nc(N)[nH]c1=O. The molecule has 12 heavy (non-hydrogen) atoms. The third-order valence-corrected chi connectivity index (χ3v) is 1.41. The van der Waals surface area contributed by atoms with Crippen molar-refractivity contribution in [3.05, 3.63) is 28.6 Å². The standard InChI is InChI=1S/C7H10N4O/c1-2-3-4-5(8)10-7(9)11-6(4)12/h2H,1,3H2,(H5,8,9,10,11,12). The van der Waals surface area contributed by atoms with Crippen LogP contribution in [0.1, 0.15) is 5.56 Å². The molecule has 5 nitrogen and oxygen atoms in total. The van der Waals surface area contributed by atoms with Crippen molar-refractivity contribution in [1.82, 2.24) is 9.97 Å². The molecule has 5 N–H and O–H groups in total. The van der Waals surface area contributed by atoms with E-state index in [9.17, 15) is 4.79 Å². The van der Waals surface area contributed by atoms with Gasteiger partial charge in [0.15, 0.2) is 0 Å². The maximum absolute atomic E-state index is 11.1. The number of nitrogens with zero attached hydrogens (tertiary/aromatic N) is 1. The van der Waals surface area contributed by atoms with Gasteiger partial charge in [0, 0.05) is 0 Å². The van der Waals surface area contributed by atoms with Crippen molar-refractivity contribution in [3.63, 3.8) is 0 Å². The van der Waals surface area contributed by atoms with E-state index in [4.69, 9.17) is 11.5 Å². The van der Waals surface area contributed by atoms with E-state index in [2.05, 4.69) is 16.5 Å². The van der Waals surface area contributed by atoms with Crippen LogP contribution in [0.25, 0.3) is 0 Å². The predicted molar refractivity (Wildman–Crippen MR) is 47.6 cm³/mol. The Labute approximate surface area is 69.1 Å². The summed E-state index contributed by atoms with van der Waals surface area (Å²) in [5.74, 6) is 0.196. The number of nitrogen functional groups attached to an aromatic ring is 2. The van der Waals surface area contributed by atoms with Crippen LogP contribution in [0, 0.1) is 0 Å². The summed E-state index contributed by atoms with van der Waals surface area (Å²) >= 11 is 0. The van der Waals surface area contributed by atoms with E-state index in [1.165, 1.54) is 0 Å². The third kappa shape index (κ3) is 1.45. The van der Waals surface area contributed by atoms with Crippen molar-refractivity contribution in [3.8, 4) is 0 Å². The lowest BCUT2D eigenvalue weighted by Gasteiger charge is -2.00. The molecular formula is C7H10N4O. The van der Waals surface area contributed by atoms with Gasteiger partial charge in [-0.15, -0.1) is 6.58 Å². The topological polar surface area (TPSA) is 97.8 Å². The van der Waals surface area contributed by atoms with Crippen LogP contribution in [0.15, 0.2) is 17.4 Å². The summed E-state index contributed by atoms with van der Waals surface area (Å²) in [6.45, 7) is 3.49. The maximum atomic E-state index is 11.1. The quantitative estimate of drug-likeness (QED) is 0.523. The number of aromatic nitrogens is 2. The van der Waals surface area contributed by atoms with E-state index in [-0.39, 0.29) is 17.3 Å². The van der Waals surface area contributed by atoms with Crippen LogP contribution >= 0.6 is 0 Å². The number of H-pyrrole nitrogens is 1. The highest BCUT2D eigenvalue weighted by molar-refractivity contribution is 5.42. The molecule has 0 aliphatic heterocycles. The zero-order valence-electron chi connectivity index (χ0n) is 6.50. The summed E-state index contributed by atoms with van der Waals surface area (Å²) in [5, 5.41) is 0. The second kappa shape index (κ2) is 3.08. The van der Waals surface area contributed by atoms with Crippen molar-refractivity contribution in [2.24, 2.45) is 0 Å². The van der Waals surface area contributed by atoms with E-state index in [1.807, 2.05) is 0 Å². The number of aromatic amines is 1. The van der Waals surface area contributed by atoms with Gasteiger partial charge in [-0.2, -0.15) is 4.98 Å². The third-order valence-electron chi connectivity index (χ3n) is 1.41. The molecule has 1 aromatic heterocycles. The van der Waals surface area contributed by atoms with Crippen LogP contribution in [0.4, 0.5) is 11.8 Å². The number of nitrogens with two attached hydrogens (primary N) is 2. The molecule has 0 atom stereocenters. The number of hydrogen-bond donors (Lipinski definition) is 3. The van der Waals surface area contributed by atoms with Crippen molar-refractivity contribution in [1.29, 1.82) is 0 Å². The fourth-order valence-corrected chi connectivity index (χ4v) is 0.875. The van der Waals surface area contributed by atoms with E-state index in [0.717, 1.165) is 0 Å². The summed E-state index contributed by atoms with van der Waals surface area (Å²) in [7, 11) is 0. The molecule has 0 saturated heterocycles. The Morgan fingerprint density at radius 1 is 1.58 bits per heavy atom. The van der Waals surface area contributed by atoms with E-state index in [0.29, 0.717) is 12.0 Å². The Kier molecular flexibility index (Phi) is 2.14. The van der Waals surface area contributed by atoms with Crippen LogP contribution in [-0.4, -0.2) is 9.97 Å². The molecule has 1 aromatic rings. The highest BCUT2D eigenvalue weighted by atomic mass is 16.1. The van der Waals surface area contributed by atoms with Crippen LogP contribution in [0.2, 0.25) is 0 Å². The lowest BCUT2D eigenvalue weighted by Crippen LogP contribution is -2.18. The summed E-state index contributed by atoms with van der Waals surface area (Å²) in [6, 6.07) is 0. The van der Waals surface area contributed by atoms with Crippen molar-refractivity contribution < 1.29 is 0 Å². The highest BCUT2D eigenvalue weighted by Gasteiger charge is 2.04. The number of rotatable bonds is 2. The molecule has 0 bridgehead atoms. The Bertz CT molecular complexity index is 355. The molecule has 1 rings (SSSR count). The van der Waals surface area contributed by atoms with Crippen molar-refractivity contribution >= 4 is 11.8 Å². The average Bonchev–Trinajstić information content (AvgIpc) is 1.96. The number of allylic oxidation sites excluding steroid dienone is 1. The molecule has 1 heterocycles. The largest absolute Gasteiger partial charge is 0.383 e. The second-order valence-corrected chi connectivity index (χ2v) is 2.31. The van der Waals surface area contributed by atoms with Crippen LogP contribution < -0.4 is 17.0 Å². The first-order chi connectivity index (χ1) is 5.65. The molecule has 0 spiro atoms. The molecule has 0 aromatic carbocycles. The second-order valence-electron chi connectivity index (χ2n) is 2.31. The molecule has 0 aliphatic rings.